The van der Waals surface area contributed by atoms with Crippen LogP contribution in [0.25, 0.3) is 0 Å². The van der Waals surface area contributed by atoms with Gasteiger partial charge in [-0.05, 0) is 48.4 Å². The predicted octanol–water partition coefficient (Wildman–Crippen LogP) is 4.33. The summed E-state index contributed by atoms with van der Waals surface area (Å²) in [6.45, 7) is 8.48. The lowest BCUT2D eigenvalue weighted by atomic mass is 10.0. The third-order valence-corrected chi connectivity index (χ3v) is 5.06. The molecule has 3 heteroatoms. The van der Waals surface area contributed by atoms with Crippen LogP contribution in [0.1, 0.15) is 44.6 Å². The summed E-state index contributed by atoms with van der Waals surface area (Å²) in [5.74, 6) is 3.69. The van der Waals surface area contributed by atoms with Crippen LogP contribution < -0.4 is 15.0 Å². The number of ether oxygens (including phenoxy) is 1. The van der Waals surface area contributed by atoms with Crippen LogP contribution in [0.2, 0.25) is 0 Å². The van der Waals surface area contributed by atoms with Gasteiger partial charge < -0.3 is 15.0 Å². The molecule has 0 spiro atoms. The summed E-state index contributed by atoms with van der Waals surface area (Å²) in [5, 5.41) is 3.40. The molecular formula is C20H30N2O. The maximum Gasteiger partial charge on any atom is 0.122 e. The van der Waals surface area contributed by atoms with Crippen LogP contribution >= 0.6 is 0 Å². The minimum Gasteiger partial charge on any atom is -0.496 e. The van der Waals surface area contributed by atoms with E-state index in [1.165, 1.54) is 43.4 Å². The third-order valence-electron chi connectivity index (χ3n) is 5.06. The molecule has 1 saturated carbocycles. The summed E-state index contributed by atoms with van der Waals surface area (Å²) in [4.78, 5) is 2.29. The molecule has 0 radical (unpaired) electrons. The molecule has 2 aliphatic rings. The van der Waals surface area contributed by atoms with Crippen molar-refractivity contribution in [3.63, 3.8) is 0 Å². The van der Waals surface area contributed by atoms with Gasteiger partial charge in [-0.3, -0.25) is 0 Å². The van der Waals surface area contributed by atoms with Crippen molar-refractivity contribution >= 4 is 5.69 Å². The van der Waals surface area contributed by atoms with E-state index >= 15 is 0 Å². The van der Waals surface area contributed by atoms with Crippen LogP contribution in [0, 0.1) is 11.8 Å². The van der Waals surface area contributed by atoms with Crippen LogP contribution in [0.3, 0.4) is 0 Å². The van der Waals surface area contributed by atoms with Crippen molar-refractivity contribution in [1.29, 1.82) is 0 Å². The molecule has 3 rings (SSSR count). The van der Waals surface area contributed by atoms with E-state index in [1.54, 1.807) is 7.11 Å². The van der Waals surface area contributed by atoms with Crippen LogP contribution in [0.4, 0.5) is 5.69 Å². The van der Waals surface area contributed by atoms with E-state index in [0.29, 0.717) is 5.92 Å². The molecule has 1 aliphatic heterocycles. The van der Waals surface area contributed by atoms with Gasteiger partial charge in [0, 0.05) is 18.8 Å². The Morgan fingerprint density at radius 1 is 1.30 bits per heavy atom. The van der Waals surface area contributed by atoms with Crippen molar-refractivity contribution in [2.45, 2.75) is 45.4 Å². The second kappa shape index (κ2) is 7.29. The zero-order valence-electron chi connectivity index (χ0n) is 14.6. The third kappa shape index (κ3) is 4.21. The number of rotatable bonds is 7. The Morgan fingerprint density at radius 2 is 2.13 bits per heavy atom. The number of anilines is 1. The van der Waals surface area contributed by atoms with Gasteiger partial charge in [0.15, 0.2) is 0 Å². The fraction of sp³-hybridized carbons (Fsp3) is 0.600. The maximum atomic E-state index is 5.57. The van der Waals surface area contributed by atoms with Crippen molar-refractivity contribution in [2.24, 2.45) is 11.8 Å². The van der Waals surface area contributed by atoms with Gasteiger partial charge in [0.05, 0.1) is 12.9 Å². The second-order valence-corrected chi connectivity index (χ2v) is 7.23. The van der Waals surface area contributed by atoms with Crippen molar-refractivity contribution in [1.82, 2.24) is 5.32 Å². The summed E-state index contributed by atoms with van der Waals surface area (Å²) >= 11 is 0. The van der Waals surface area contributed by atoms with E-state index in [4.69, 9.17) is 4.74 Å². The van der Waals surface area contributed by atoms with Gasteiger partial charge in [0.1, 0.15) is 5.75 Å². The summed E-state index contributed by atoms with van der Waals surface area (Å²) in [7, 11) is 1.77. The topological polar surface area (TPSA) is 24.5 Å². The van der Waals surface area contributed by atoms with Crippen molar-refractivity contribution in [3.8, 4) is 5.75 Å². The van der Waals surface area contributed by atoms with E-state index in [0.717, 1.165) is 37.0 Å². The molecule has 1 unspecified atom stereocenters. The molecule has 1 N–H and O–H groups in total. The van der Waals surface area contributed by atoms with E-state index in [-0.39, 0.29) is 0 Å². The molecule has 1 aliphatic carbocycles. The predicted molar refractivity (Wildman–Crippen MR) is 96.9 cm³/mol. The van der Waals surface area contributed by atoms with Crippen LogP contribution in [-0.2, 0) is 6.42 Å². The number of methoxy groups -OCH3 is 1. The summed E-state index contributed by atoms with van der Waals surface area (Å²) in [6, 6.07) is 6.55. The Bertz CT molecular complexity index is 551. The highest BCUT2D eigenvalue weighted by Crippen LogP contribution is 2.34. The minimum absolute atomic E-state index is 0.629. The molecule has 23 heavy (non-hydrogen) atoms. The first-order valence-corrected chi connectivity index (χ1v) is 9.04. The van der Waals surface area contributed by atoms with E-state index in [9.17, 15) is 0 Å². The first-order chi connectivity index (χ1) is 11.2. The fourth-order valence-corrected chi connectivity index (χ4v) is 3.42. The Kier molecular flexibility index (Phi) is 5.14. The molecular weight excluding hydrogens is 284 g/mol. The van der Waals surface area contributed by atoms with Crippen molar-refractivity contribution < 1.29 is 4.74 Å². The number of nitrogens with one attached hydrogen (secondary N) is 1. The first-order valence-electron chi connectivity index (χ1n) is 9.04. The van der Waals surface area contributed by atoms with Gasteiger partial charge in [-0.2, -0.15) is 0 Å². The molecule has 1 saturated heterocycles. The SMILES string of the molecule is C=C1NCC(C)CN1c1ccc(OC)c(CCCCC2CC2)c1. The van der Waals surface area contributed by atoms with Crippen molar-refractivity contribution in [2.75, 3.05) is 25.1 Å². The second-order valence-electron chi connectivity index (χ2n) is 7.23. The standard InChI is InChI=1S/C20H30N2O/c1-15-13-21-16(2)22(14-15)19-10-11-20(23-3)18(12-19)7-5-4-6-17-8-9-17/h10-12,15,17,21H,2,4-9,13-14H2,1,3H3. The number of unbranched alkanes of at least 4 members (excludes halogenated alkanes) is 1. The zero-order valence-corrected chi connectivity index (χ0v) is 14.6. The molecule has 3 nitrogen and oxygen atoms in total. The van der Waals surface area contributed by atoms with E-state index < -0.39 is 0 Å². The van der Waals surface area contributed by atoms with Crippen molar-refractivity contribution in [3.05, 3.63) is 36.2 Å². The quantitative estimate of drug-likeness (QED) is 0.758. The average molecular weight is 314 g/mol. The fourth-order valence-electron chi connectivity index (χ4n) is 3.42. The Morgan fingerprint density at radius 3 is 2.87 bits per heavy atom. The Labute approximate surface area is 140 Å². The summed E-state index contributed by atoms with van der Waals surface area (Å²) in [5.41, 5.74) is 2.55. The highest BCUT2D eigenvalue weighted by molar-refractivity contribution is 5.57. The van der Waals surface area contributed by atoms with Gasteiger partial charge in [-0.15, -0.1) is 0 Å². The lowest BCUT2D eigenvalue weighted by molar-refractivity contribution is 0.408. The van der Waals surface area contributed by atoms with Gasteiger partial charge in [0.2, 0.25) is 0 Å². The lowest BCUT2D eigenvalue weighted by Gasteiger charge is -2.35. The smallest absolute Gasteiger partial charge is 0.122 e. The normalized spacial score (nSPS) is 21.2. The van der Waals surface area contributed by atoms with E-state index in [2.05, 4.69) is 41.9 Å². The summed E-state index contributed by atoms with van der Waals surface area (Å²) in [6.07, 6.45) is 8.03. The van der Waals surface area contributed by atoms with Crippen LogP contribution in [0.5, 0.6) is 5.75 Å². The zero-order chi connectivity index (χ0) is 16.2. The molecule has 1 aromatic carbocycles. The molecule has 0 aromatic heterocycles. The van der Waals surface area contributed by atoms with Gasteiger partial charge in [-0.1, -0.05) is 39.2 Å². The number of aryl methyl sites for hydroxylation is 1. The Hall–Kier alpha value is -1.64. The molecule has 1 atom stereocenters. The largest absolute Gasteiger partial charge is 0.496 e. The molecule has 0 amide bonds. The lowest BCUT2D eigenvalue weighted by Crippen LogP contribution is -2.43. The van der Waals surface area contributed by atoms with Gasteiger partial charge >= 0.3 is 0 Å². The number of hydrogen-bond acceptors (Lipinski definition) is 3. The molecule has 126 valence electrons. The molecule has 0 bridgehead atoms. The molecule has 1 heterocycles. The number of benzene rings is 1. The monoisotopic (exact) mass is 314 g/mol. The summed E-state index contributed by atoms with van der Waals surface area (Å²) < 4.78 is 5.57. The van der Waals surface area contributed by atoms with Crippen LogP contribution in [-0.4, -0.2) is 20.2 Å². The van der Waals surface area contributed by atoms with Crippen LogP contribution in [0.15, 0.2) is 30.6 Å². The number of nitrogens with zero attached hydrogens (tertiary/aromatic N) is 1. The minimum atomic E-state index is 0.629. The Balaban J connectivity index is 1.67. The maximum absolute atomic E-state index is 5.57. The first kappa shape index (κ1) is 16.2. The highest BCUT2D eigenvalue weighted by Gasteiger charge is 2.21. The average Bonchev–Trinajstić information content (AvgIpc) is 3.38. The molecule has 1 aromatic rings. The molecule has 2 fully saturated rings. The number of hydrogen-bond donors (Lipinski definition) is 1. The van der Waals surface area contributed by atoms with Gasteiger partial charge in [0.25, 0.3) is 0 Å². The van der Waals surface area contributed by atoms with E-state index in [1.807, 2.05) is 0 Å². The highest BCUT2D eigenvalue weighted by atomic mass is 16.5. The van der Waals surface area contributed by atoms with Gasteiger partial charge in [-0.25, -0.2) is 0 Å².